The number of carbonyl (C=O) groups excluding carboxylic acids is 2. The first-order chi connectivity index (χ1) is 13.9. The quantitative estimate of drug-likeness (QED) is 0.708. The second-order valence-electron chi connectivity index (χ2n) is 7.96. The maximum Gasteiger partial charge on any atom is 0.325 e. The van der Waals surface area contributed by atoms with Gasteiger partial charge in [0.25, 0.3) is 5.56 Å². The highest BCUT2D eigenvalue weighted by molar-refractivity contribution is 5.78. The van der Waals surface area contributed by atoms with Crippen molar-refractivity contribution in [2.75, 3.05) is 45.8 Å². The lowest BCUT2D eigenvalue weighted by Crippen LogP contribution is -2.51. The molecule has 2 saturated heterocycles. The number of nitrogens with zero attached hydrogens (tertiary/aromatic N) is 3. The fourth-order valence-corrected chi connectivity index (χ4v) is 4.08. The van der Waals surface area contributed by atoms with Gasteiger partial charge >= 0.3 is 5.69 Å². The van der Waals surface area contributed by atoms with Crippen LogP contribution in [0.5, 0.6) is 0 Å². The highest BCUT2D eigenvalue weighted by Gasteiger charge is 2.24. The number of nitrogens with one attached hydrogen (secondary N) is 2. The minimum atomic E-state index is -0.534. The molecular formula is C20H31N5O4. The van der Waals surface area contributed by atoms with Crippen LogP contribution >= 0.6 is 0 Å². The van der Waals surface area contributed by atoms with Crippen molar-refractivity contribution in [1.29, 1.82) is 0 Å². The van der Waals surface area contributed by atoms with Gasteiger partial charge in [-0.05, 0) is 26.2 Å². The number of piperazine rings is 1. The lowest BCUT2D eigenvalue weighted by Gasteiger charge is -2.35. The predicted molar refractivity (Wildman–Crippen MR) is 109 cm³/mol. The molecule has 3 rings (SSSR count). The number of carbonyl (C=O) groups is 2. The summed E-state index contributed by atoms with van der Waals surface area (Å²) < 4.78 is 0. The lowest BCUT2D eigenvalue weighted by atomic mass is 10.1. The Kier molecular flexibility index (Phi) is 7.24. The van der Waals surface area contributed by atoms with Crippen LogP contribution in [0.3, 0.4) is 0 Å². The first kappa shape index (κ1) is 21.3. The van der Waals surface area contributed by atoms with Crippen LogP contribution in [0.2, 0.25) is 0 Å². The number of aromatic nitrogens is 2. The van der Waals surface area contributed by atoms with Gasteiger partial charge < -0.3 is 14.8 Å². The molecule has 1 aromatic heterocycles. The molecule has 9 heteroatoms. The van der Waals surface area contributed by atoms with Crippen LogP contribution in [0.1, 0.15) is 43.4 Å². The second-order valence-corrected chi connectivity index (χ2v) is 7.96. The van der Waals surface area contributed by atoms with Gasteiger partial charge in [0.05, 0.1) is 6.54 Å². The molecule has 3 heterocycles. The van der Waals surface area contributed by atoms with E-state index in [2.05, 4.69) is 14.9 Å². The summed E-state index contributed by atoms with van der Waals surface area (Å²) in [6, 6.07) is 0. The Morgan fingerprint density at radius 2 is 1.45 bits per heavy atom. The molecule has 0 aliphatic carbocycles. The summed E-state index contributed by atoms with van der Waals surface area (Å²) >= 11 is 0. The predicted octanol–water partition coefficient (Wildman–Crippen LogP) is -0.149. The SMILES string of the molecule is Cc1[nH]c(=O)[nH]c(=O)c1CCC(=O)N1CCN(CC(=O)N2CCCCCC2)CC1. The van der Waals surface area contributed by atoms with E-state index in [1.165, 1.54) is 12.8 Å². The summed E-state index contributed by atoms with van der Waals surface area (Å²) in [5.41, 5.74) is -0.0210. The van der Waals surface area contributed by atoms with Crippen molar-refractivity contribution >= 4 is 11.8 Å². The highest BCUT2D eigenvalue weighted by atomic mass is 16.2. The number of aryl methyl sites for hydroxylation is 1. The molecule has 0 bridgehead atoms. The van der Waals surface area contributed by atoms with E-state index in [-0.39, 0.29) is 18.2 Å². The van der Waals surface area contributed by atoms with E-state index in [1.54, 1.807) is 11.8 Å². The minimum absolute atomic E-state index is 0.00602. The van der Waals surface area contributed by atoms with Gasteiger partial charge in [0.1, 0.15) is 0 Å². The van der Waals surface area contributed by atoms with Crippen LogP contribution in [0.4, 0.5) is 0 Å². The molecule has 0 aromatic carbocycles. The largest absolute Gasteiger partial charge is 0.342 e. The van der Waals surface area contributed by atoms with Crippen molar-refractivity contribution in [2.45, 2.75) is 45.4 Å². The number of amides is 2. The Morgan fingerprint density at radius 1 is 0.828 bits per heavy atom. The molecule has 0 unspecified atom stereocenters. The zero-order chi connectivity index (χ0) is 20.8. The van der Waals surface area contributed by atoms with Crippen molar-refractivity contribution < 1.29 is 9.59 Å². The van der Waals surface area contributed by atoms with Gasteiger partial charge in [-0.25, -0.2) is 4.79 Å². The Balaban J connectivity index is 1.44. The fourth-order valence-electron chi connectivity index (χ4n) is 4.08. The first-order valence-corrected chi connectivity index (χ1v) is 10.5. The Bertz CT molecular complexity index is 830. The van der Waals surface area contributed by atoms with E-state index in [9.17, 15) is 19.2 Å². The number of hydrogen-bond donors (Lipinski definition) is 2. The molecule has 2 aliphatic rings. The van der Waals surface area contributed by atoms with Gasteiger partial charge in [-0.1, -0.05) is 12.8 Å². The lowest BCUT2D eigenvalue weighted by molar-refractivity contribution is -0.135. The Morgan fingerprint density at radius 3 is 2.07 bits per heavy atom. The maximum atomic E-state index is 12.5. The van der Waals surface area contributed by atoms with Gasteiger partial charge in [-0.2, -0.15) is 0 Å². The van der Waals surface area contributed by atoms with Crippen LogP contribution in [0, 0.1) is 6.92 Å². The smallest absolute Gasteiger partial charge is 0.325 e. The zero-order valence-corrected chi connectivity index (χ0v) is 17.2. The van der Waals surface area contributed by atoms with Crippen molar-refractivity contribution in [3.8, 4) is 0 Å². The average Bonchev–Trinajstić information content (AvgIpc) is 2.97. The summed E-state index contributed by atoms with van der Waals surface area (Å²) in [7, 11) is 0. The fraction of sp³-hybridized carbons (Fsp3) is 0.700. The van der Waals surface area contributed by atoms with Gasteiger partial charge in [-0.3, -0.25) is 24.3 Å². The van der Waals surface area contributed by atoms with Crippen LogP contribution in [0.15, 0.2) is 9.59 Å². The Labute approximate surface area is 170 Å². The molecule has 2 N–H and O–H groups in total. The molecule has 2 amide bonds. The van der Waals surface area contributed by atoms with E-state index in [1.807, 2.05) is 4.90 Å². The number of aromatic amines is 2. The zero-order valence-electron chi connectivity index (χ0n) is 17.2. The van der Waals surface area contributed by atoms with Crippen molar-refractivity contribution in [3.05, 3.63) is 32.1 Å². The first-order valence-electron chi connectivity index (χ1n) is 10.5. The van der Waals surface area contributed by atoms with Gasteiger partial charge in [-0.15, -0.1) is 0 Å². The van der Waals surface area contributed by atoms with E-state index in [4.69, 9.17) is 0 Å². The van der Waals surface area contributed by atoms with E-state index < -0.39 is 11.2 Å². The summed E-state index contributed by atoms with van der Waals surface area (Å²) in [6.45, 7) is 6.36. The number of H-pyrrole nitrogens is 2. The standard InChI is InChI=1S/C20H31N5O4/c1-15-16(19(28)22-20(29)21-15)6-7-17(26)25-12-10-23(11-13-25)14-18(27)24-8-4-2-3-5-9-24/h2-14H2,1H3,(H2,21,22,28,29). The second kappa shape index (κ2) is 9.87. The van der Waals surface area contributed by atoms with Crippen LogP contribution in [-0.2, 0) is 16.0 Å². The molecule has 29 heavy (non-hydrogen) atoms. The molecule has 2 aliphatic heterocycles. The molecule has 1 aromatic rings. The van der Waals surface area contributed by atoms with Crippen LogP contribution < -0.4 is 11.2 Å². The molecule has 0 spiro atoms. The van der Waals surface area contributed by atoms with Crippen molar-refractivity contribution in [2.24, 2.45) is 0 Å². The molecule has 160 valence electrons. The van der Waals surface area contributed by atoms with E-state index in [0.717, 1.165) is 25.9 Å². The molecule has 2 fully saturated rings. The number of rotatable bonds is 5. The van der Waals surface area contributed by atoms with E-state index in [0.29, 0.717) is 50.4 Å². The number of likely N-dealkylation sites (tertiary alicyclic amines) is 1. The normalized spacial score (nSPS) is 18.5. The molecular weight excluding hydrogens is 374 g/mol. The summed E-state index contributed by atoms with van der Waals surface area (Å²) in [5, 5.41) is 0. The average molecular weight is 405 g/mol. The number of hydrogen-bond acceptors (Lipinski definition) is 5. The third-order valence-corrected chi connectivity index (χ3v) is 5.89. The van der Waals surface area contributed by atoms with Crippen molar-refractivity contribution in [3.63, 3.8) is 0 Å². The minimum Gasteiger partial charge on any atom is -0.342 e. The molecule has 0 radical (unpaired) electrons. The monoisotopic (exact) mass is 405 g/mol. The summed E-state index contributed by atoms with van der Waals surface area (Å²) in [4.78, 5) is 58.9. The van der Waals surface area contributed by atoms with E-state index >= 15 is 0 Å². The molecule has 9 nitrogen and oxygen atoms in total. The Hall–Kier alpha value is -2.42. The third kappa shape index (κ3) is 5.79. The third-order valence-electron chi connectivity index (χ3n) is 5.89. The van der Waals surface area contributed by atoms with Crippen LogP contribution in [0.25, 0.3) is 0 Å². The summed E-state index contributed by atoms with van der Waals surface area (Å²) in [6.07, 6.45) is 5.11. The maximum absolute atomic E-state index is 12.5. The van der Waals surface area contributed by atoms with Gasteiger partial charge in [0.15, 0.2) is 0 Å². The van der Waals surface area contributed by atoms with Crippen LogP contribution in [-0.4, -0.2) is 82.3 Å². The topological polar surface area (TPSA) is 110 Å². The molecule has 0 atom stereocenters. The van der Waals surface area contributed by atoms with Crippen molar-refractivity contribution in [1.82, 2.24) is 24.7 Å². The van der Waals surface area contributed by atoms with Gasteiger partial charge in [0.2, 0.25) is 11.8 Å². The van der Waals surface area contributed by atoms with Gasteiger partial charge in [0, 0.05) is 56.9 Å². The highest BCUT2D eigenvalue weighted by Crippen LogP contribution is 2.11. The molecule has 0 saturated carbocycles. The summed E-state index contributed by atoms with van der Waals surface area (Å²) in [5.74, 6) is 0.188.